The van der Waals surface area contributed by atoms with E-state index in [1.54, 1.807) is 11.3 Å². The first-order chi connectivity index (χ1) is 8.10. The van der Waals surface area contributed by atoms with Crippen molar-refractivity contribution in [2.75, 3.05) is 0 Å². The molecule has 1 saturated carbocycles. The Bertz CT molecular complexity index is 419. The zero-order valence-electron chi connectivity index (χ0n) is 10.5. The Morgan fingerprint density at radius 2 is 2.06 bits per heavy atom. The zero-order chi connectivity index (χ0) is 12.5. The number of aromatic nitrogens is 1. The minimum atomic E-state index is -0.693. The van der Waals surface area contributed by atoms with Gasteiger partial charge < -0.3 is 5.11 Å². The van der Waals surface area contributed by atoms with E-state index in [-0.39, 0.29) is 0 Å². The lowest BCUT2D eigenvalue weighted by Crippen LogP contribution is -2.37. The molecule has 1 aromatic heterocycles. The van der Waals surface area contributed by atoms with Crippen molar-refractivity contribution in [3.05, 3.63) is 15.6 Å². The number of hydrogen-bond donors (Lipinski definition) is 1. The van der Waals surface area contributed by atoms with Crippen molar-refractivity contribution in [1.29, 1.82) is 0 Å². The smallest absolute Gasteiger partial charge is 0.316 e. The Balaban J connectivity index is 2.41. The van der Waals surface area contributed by atoms with Gasteiger partial charge in [0.05, 0.1) is 5.69 Å². The highest BCUT2D eigenvalue weighted by molar-refractivity contribution is 7.12. The number of rotatable bonds is 3. The third kappa shape index (κ3) is 2.10. The van der Waals surface area contributed by atoms with E-state index in [0.717, 1.165) is 49.2 Å². The maximum Gasteiger partial charge on any atom is 0.316 e. The van der Waals surface area contributed by atoms with Crippen molar-refractivity contribution in [3.63, 3.8) is 0 Å². The summed E-state index contributed by atoms with van der Waals surface area (Å²) in [6.45, 7) is 4.11. The fourth-order valence-corrected chi connectivity index (χ4v) is 3.88. The van der Waals surface area contributed by atoms with Crippen LogP contribution in [0.5, 0.6) is 0 Å². The van der Waals surface area contributed by atoms with Gasteiger partial charge in [-0.25, -0.2) is 4.98 Å². The standard InChI is InChI=1S/C13H19NO2S/c1-3-10-9(2)17-11(14-10)13(12(15)16)7-5-4-6-8-13/h3-8H2,1-2H3,(H,15,16). The molecule has 0 spiro atoms. The molecule has 1 aliphatic carbocycles. The van der Waals surface area contributed by atoms with Crippen LogP contribution in [0.25, 0.3) is 0 Å². The summed E-state index contributed by atoms with van der Waals surface area (Å²) in [4.78, 5) is 17.4. The third-order valence-corrected chi connectivity index (χ3v) is 4.97. The van der Waals surface area contributed by atoms with Gasteiger partial charge in [0.25, 0.3) is 0 Å². The molecule has 0 unspecified atom stereocenters. The molecule has 0 atom stereocenters. The number of aliphatic carboxylic acids is 1. The SMILES string of the molecule is CCc1nc(C2(C(=O)O)CCCCC2)sc1C. The molecule has 1 fully saturated rings. The molecule has 94 valence electrons. The number of carboxylic acids is 1. The highest BCUT2D eigenvalue weighted by Gasteiger charge is 2.44. The van der Waals surface area contributed by atoms with Gasteiger partial charge in [0.2, 0.25) is 0 Å². The van der Waals surface area contributed by atoms with Gasteiger partial charge in [0, 0.05) is 4.88 Å². The molecule has 0 aliphatic heterocycles. The Labute approximate surface area is 106 Å². The first-order valence-corrected chi connectivity index (χ1v) is 7.12. The summed E-state index contributed by atoms with van der Waals surface area (Å²) in [5.74, 6) is -0.686. The number of aryl methyl sites for hydroxylation is 2. The molecular weight excluding hydrogens is 234 g/mol. The van der Waals surface area contributed by atoms with Gasteiger partial charge in [0.15, 0.2) is 0 Å². The van der Waals surface area contributed by atoms with Crippen LogP contribution >= 0.6 is 11.3 Å². The minimum Gasteiger partial charge on any atom is -0.481 e. The molecule has 1 aliphatic rings. The average molecular weight is 253 g/mol. The molecule has 0 bridgehead atoms. The summed E-state index contributed by atoms with van der Waals surface area (Å²) in [7, 11) is 0. The number of thiazole rings is 1. The summed E-state index contributed by atoms with van der Waals surface area (Å²) < 4.78 is 0. The van der Waals surface area contributed by atoms with Crippen LogP contribution in [0.4, 0.5) is 0 Å². The molecule has 3 nitrogen and oxygen atoms in total. The van der Waals surface area contributed by atoms with Gasteiger partial charge >= 0.3 is 5.97 Å². The van der Waals surface area contributed by atoms with E-state index in [1.807, 2.05) is 6.92 Å². The molecule has 0 amide bonds. The maximum atomic E-state index is 11.7. The lowest BCUT2D eigenvalue weighted by Gasteiger charge is -2.31. The molecule has 0 aromatic carbocycles. The van der Waals surface area contributed by atoms with Crippen LogP contribution in [0.15, 0.2) is 0 Å². The van der Waals surface area contributed by atoms with Crippen LogP contribution < -0.4 is 0 Å². The van der Waals surface area contributed by atoms with E-state index < -0.39 is 11.4 Å². The van der Waals surface area contributed by atoms with E-state index in [4.69, 9.17) is 0 Å². The predicted molar refractivity (Wildman–Crippen MR) is 68.6 cm³/mol. The molecule has 0 saturated heterocycles. The first kappa shape index (κ1) is 12.6. The minimum absolute atomic E-state index is 0.686. The molecule has 1 heterocycles. The van der Waals surface area contributed by atoms with Crippen LogP contribution in [0.1, 0.15) is 54.6 Å². The lowest BCUT2D eigenvalue weighted by molar-refractivity contribution is -0.145. The second-order valence-electron chi connectivity index (χ2n) is 4.82. The van der Waals surface area contributed by atoms with E-state index in [0.29, 0.717) is 0 Å². The normalized spacial score (nSPS) is 19.2. The third-order valence-electron chi connectivity index (χ3n) is 3.75. The lowest BCUT2D eigenvalue weighted by atomic mass is 9.74. The Kier molecular flexibility index (Phi) is 3.52. The molecule has 4 heteroatoms. The van der Waals surface area contributed by atoms with Crippen LogP contribution in [0.3, 0.4) is 0 Å². The average Bonchev–Trinajstić information content (AvgIpc) is 2.71. The largest absolute Gasteiger partial charge is 0.481 e. The van der Waals surface area contributed by atoms with Crippen molar-refractivity contribution in [1.82, 2.24) is 4.98 Å². The quantitative estimate of drug-likeness (QED) is 0.899. The number of carbonyl (C=O) groups is 1. The van der Waals surface area contributed by atoms with Crippen LogP contribution in [-0.4, -0.2) is 16.1 Å². The van der Waals surface area contributed by atoms with Crippen molar-refractivity contribution >= 4 is 17.3 Å². The van der Waals surface area contributed by atoms with Crippen LogP contribution in [0.2, 0.25) is 0 Å². The highest BCUT2D eigenvalue weighted by atomic mass is 32.1. The van der Waals surface area contributed by atoms with Crippen LogP contribution in [0, 0.1) is 6.92 Å². The summed E-state index contributed by atoms with van der Waals surface area (Å²) in [5, 5.41) is 10.4. The van der Waals surface area contributed by atoms with Gasteiger partial charge in [0.1, 0.15) is 10.4 Å². The molecule has 1 aromatic rings. The first-order valence-electron chi connectivity index (χ1n) is 6.30. The van der Waals surface area contributed by atoms with E-state index in [9.17, 15) is 9.90 Å². The van der Waals surface area contributed by atoms with Crippen molar-refractivity contribution in [3.8, 4) is 0 Å². The fraction of sp³-hybridized carbons (Fsp3) is 0.692. The molecular formula is C13H19NO2S. The van der Waals surface area contributed by atoms with Gasteiger partial charge in [-0.1, -0.05) is 26.2 Å². The predicted octanol–water partition coefficient (Wildman–Crippen LogP) is 3.30. The van der Waals surface area contributed by atoms with E-state index in [2.05, 4.69) is 11.9 Å². The summed E-state index contributed by atoms with van der Waals surface area (Å²) in [5.41, 5.74) is 0.373. The Morgan fingerprint density at radius 1 is 1.41 bits per heavy atom. The number of nitrogens with zero attached hydrogens (tertiary/aromatic N) is 1. The van der Waals surface area contributed by atoms with Crippen LogP contribution in [-0.2, 0) is 16.6 Å². The van der Waals surface area contributed by atoms with Gasteiger partial charge in [-0.15, -0.1) is 11.3 Å². The molecule has 17 heavy (non-hydrogen) atoms. The summed E-state index contributed by atoms with van der Waals surface area (Å²) in [6, 6.07) is 0. The highest BCUT2D eigenvalue weighted by Crippen LogP contribution is 2.42. The van der Waals surface area contributed by atoms with Crippen molar-refractivity contribution < 1.29 is 9.90 Å². The second kappa shape index (κ2) is 4.77. The topological polar surface area (TPSA) is 50.2 Å². The van der Waals surface area contributed by atoms with Gasteiger partial charge in [-0.3, -0.25) is 4.79 Å². The summed E-state index contributed by atoms with van der Waals surface area (Å²) in [6.07, 6.45) is 5.55. The molecule has 1 N–H and O–H groups in total. The van der Waals surface area contributed by atoms with Crippen molar-refractivity contribution in [2.24, 2.45) is 0 Å². The van der Waals surface area contributed by atoms with Gasteiger partial charge in [-0.05, 0) is 26.2 Å². The van der Waals surface area contributed by atoms with Crippen molar-refractivity contribution in [2.45, 2.75) is 57.8 Å². The number of hydrogen-bond acceptors (Lipinski definition) is 3. The number of carboxylic acid groups (broad SMARTS) is 1. The zero-order valence-corrected chi connectivity index (χ0v) is 11.3. The fourth-order valence-electron chi connectivity index (χ4n) is 2.64. The monoisotopic (exact) mass is 253 g/mol. The van der Waals surface area contributed by atoms with E-state index in [1.165, 1.54) is 4.88 Å². The second-order valence-corrected chi connectivity index (χ2v) is 6.03. The molecule has 2 rings (SSSR count). The maximum absolute atomic E-state index is 11.7. The Morgan fingerprint density at radius 3 is 2.53 bits per heavy atom. The summed E-state index contributed by atoms with van der Waals surface area (Å²) >= 11 is 1.58. The van der Waals surface area contributed by atoms with E-state index >= 15 is 0 Å². The van der Waals surface area contributed by atoms with Gasteiger partial charge in [-0.2, -0.15) is 0 Å². The Hall–Kier alpha value is -0.900. The molecule has 0 radical (unpaired) electrons.